The number of methoxy groups -OCH3 is 1. The molecule has 1 aromatic carbocycles. The van der Waals surface area contributed by atoms with Crippen LogP contribution in [-0.4, -0.2) is 66.8 Å². The molecule has 1 aromatic rings. The Balaban J connectivity index is 1.70. The number of hydrogen-bond acceptors (Lipinski definition) is 6. The number of fused-ring (bicyclic) bond motifs is 1. The van der Waals surface area contributed by atoms with Gasteiger partial charge < -0.3 is 25.6 Å². The number of nitrogens with one attached hydrogen (secondary N) is 1. The van der Waals surface area contributed by atoms with Crippen LogP contribution in [0.15, 0.2) is 23.5 Å². The average molecular weight is 466 g/mol. The van der Waals surface area contributed by atoms with Gasteiger partial charge in [0.05, 0.1) is 19.4 Å². The number of ether oxygens (including phenoxy) is 1. The molecule has 1 amide bonds. The number of piperazine rings is 1. The van der Waals surface area contributed by atoms with E-state index in [0.29, 0.717) is 12.1 Å². The summed E-state index contributed by atoms with van der Waals surface area (Å²) in [5, 5.41) is 2.11. The number of nitrogens with two attached hydrogens (primary N) is 1. The van der Waals surface area contributed by atoms with Gasteiger partial charge in [-0.2, -0.15) is 13.2 Å². The zero-order chi connectivity index (χ0) is 23.8. The van der Waals surface area contributed by atoms with Gasteiger partial charge in [-0.1, -0.05) is 0 Å². The van der Waals surface area contributed by atoms with Gasteiger partial charge >= 0.3 is 12.1 Å². The van der Waals surface area contributed by atoms with Crippen molar-refractivity contribution in [1.82, 2.24) is 15.1 Å². The van der Waals surface area contributed by atoms with E-state index in [0.717, 1.165) is 12.0 Å². The zero-order valence-corrected chi connectivity index (χ0v) is 16.8. The summed E-state index contributed by atoms with van der Waals surface area (Å²) in [4.78, 5) is 26.7. The molecule has 2 aliphatic heterocycles. The first-order chi connectivity index (χ1) is 14.9. The Hall–Kier alpha value is -2.96. The summed E-state index contributed by atoms with van der Waals surface area (Å²) in [7, 11) is 1.02. The molecule has 32 heavy (non-hydrogen) atoms. The predicted molar refractivity (Wildman–Crippen MR) is 97.9 cm³/mol. The highest BCUT2D eigenvalue weighted by Gasteiger charge is 2.51. The van der Waals surface area contributed by atoms with Gasteiger partial charge in [0.25, 0.3) is 0 Å². The molecule has 7 nitrogen and oxygen atoms in total. The van der Waals surface area contributed by atoms with Crippen molar-refractivity contribution in [1.29, 1.82) is 0 Å². The zero-order valence-electron chi connectivity index (χ0n) is 16.8. The lowest BCUT2D eigenvalue weighted by Crippen LogP contribution is -2.55. The van der Waals surface area contributed by atoms with Crippen molar-refractivity contribution >= 4 is 11.9 Å². The molecular weight excluding hydrogens is 446 g/mol. The third kappa shape index (κ3) is 4.76. The number of esters is 1. The molecule has 2 heterocycles. The maximum Gasteiger partial charge on any atom is 0.427 e. The third-order valence-corrected chi connectivity index (χ3v) is 5.24. The highest BCUT2D eigenvalue weighted by Crippen LogP contribution is 2.34. The number of hydrogen-bond donors (Lipinski definition) is 2. The highest BCUT2D eigenvalue weighted by molar-refractivity contribution is 5.89. The van der Waals surface area contributed by atoms with Crippen LogP contribution in [0.3, 0.4) is 0 Å². The maximum atomic E-state index is 13.8. The van der Waals surface area contributed by atoms with Gasteiger partial charge in [0.15, 0.2) is 17.8 Å². The Morgan fingerprint density at radius 2 is 1.84 bits per heavy atom. The maximum absolute atomic E-state index is 13.8. The van der Waals surface area contributed by atoms with Crippen LogP contribution in [0.25, 0.3) is 0 Å². The summed E-state index contributed by atoms with van der Waals surface area (Å²) in [6.45, 7) is -0.571. The van der Waals surface area contributed by atoms with Gasteiger partial charge in [-0.25, -0.2) is 18.0 Å². The van der Waals surface area contributed by atoms with Crippen molar-refractivity contribution in [2.45, 2.75) is 31.2 Å². The first-order valence-electron chi connectivity index (χ1n) is 9.50. The number of carbonyl (C=O) groups is 2. The lowest BCUT2D eigenvalue weighted by molar-refractivity contribution is -0.183. The van der Waals surface area contributed by atoms with E-state index in [4.69, 9.17) is 5.73 Å². The lowest BCUT2D eigenvalue weighted by Gasteiger charge is -2.38. The molecule has 0 spiro atoms. The molecule has 2 aliphatic rings. The SMILES string of the molecule is COC(=O)C1=C2CN(C(=O)CC(N)Cc3cc(F)c(F)cc3F)CCN2C(C(F)(F)F)N1. The minimum atomic E-state index is -4.68. The van der Waals surface area contributed by atoms with Crippen molar-refractivity contribution in [3.05, 3.63) is 46.5 Å². The minimum absolute atomic E-state index is 0.0426. The van der Waals surface area contributed by atoms with Gasteiger partial charge in [-0.15, -0.1) is 0 Å². The average Bonchev–Trinajstić information content (AvgIpc) is 3.10. The van der Waals surface area contributed by atoms with Crippen LogP contribution in [0.2, 0.25) is 0 Å². The number of benzene rings is 1. The topological polar surface area (TPSA) is 87.9 Å². The quantitative estimate of drug-likeness (QED) is 0.388. The van der Waals surface area contributed by atoms with E-state index in [2.05, 4.69) is 10.1 Å². The van der Waals surface area contributed by atoms with Crippen molar-refractivity contribution in [2.24, 2.45) is 5.73 Å². The van der Waals surface area contributed by atoms with Gasteiger partial charge in [-0.05, 0) is 18.1 Å². The third-order valence-electron chi connectivity index (χ3n) is 5.24. The Labute approximate surface area is 178 Å². The fraction of sp³-hybridized carbons (Fsp3) is 0.474. The highest BCUT2D eigenvalue weighted by atomic mass is 19.4. The fourth-order valence-corrected chi connectivity index (χ4v) is 3.70. The molecule has 1 fully saturated rings. The molecule has 3 N–H and O–H groups in total. The molecule has 2 unspecified atom stereocenters. The van der Waals surface area contributed by atoms with E-state index in [-0.39, 0.29) is 49.4 Å². The molecule has 3 rings (SSSR count). The van der Waals surface area contributed by atoms with Crippen LogP contribution in [0, 0.1) is 17.5 Å². The second kappa shape index (κ2) is 8.88. The monoisotopic (exact) mass is 466 g/mol. The summed E-state index contributed by atoms with van der Waals surface area (Å²) in [6, 6.07) is 0.0742. The first-order valence-corrected chi connectivity index (χ1v) is 9.50. The van der Waals surface area contributed by atoms with Crippen LogP contribution >= 0.6 is 0 Å². The minimum Gasteiger partial charge on any atom is -0.464 e. The molecule has 0 bridgehead atoms. The first kappa shape index (κ1) is 23.7. The summed E-state index contributed by atoms with van der Waals surface area (Å²) in [5.41, 5.74) is 5.22. The lowest BCUT2D eigenvalue weighted by atomic mass is 10.0. The normalized spacial score (nSPS) is 19.6. The van der Waals surface area contributed by atoms with Crippen LogP contribution < -0.4 is 11.1 Å². The van der Waals surface area contributed by atoms with E-state index < -0.39 is 47.7 Å². The van der Waals surface area contributed by atoms with E-state index in [1.165, 1.54) is 4.90 Å². The standard InChI is InChI=1S/C19H20F6N4O3/c1-32-17(31)16-14-8-28(2-3-29(14)18(27-16)19(23,24)25)15(30)6-10(26)4-9-5-12(21)13(22)7-11(9)20/h5,7,10,18,27H,2-4,6,8,26H2,1H3. The van der Waals surface area contributed by atoms with Gasteiger partial charge in [0, 0.05) is 31.6 Å². The number of rotatable bonds is 5. The number of carbonyl (C=O) groups excluding carboxylic acids is 2. The van der Waals surface area contributed by atoms with E-state index >= 15 is 0 Å². The molecular formula is C19H20F6N4O3. The summed E-state index contributed by atoms with van der Waals surface area (Å²) < 4.78 is 84.7. The number of nitrogens with zero attached hydrogens (tertiary/aromatic N) is 2. The summed E-state index contributed by atoms with van der Waals surface area (Å²) >= 11 is 0. The van der Waals surface area contributed by atoms with Crippen LogP contribution in [-0.2, 0) is 20.7 Å². The van der Waals surface area contributed by atoms with Crippen molar-refractivity contribution in [2.75, 3.05) is 26.7 Å². The Bertz CT molecular complexity index is 952. The van der Waals surface area contributed by atoms with Crippen LogP contribution in [0.4, 0.5) is 26.3 Å². The van der Waals surface area contributed by atoms with E-state index in [1.54, 1.807) is 0 Å². The van der Waals surface area contributed by atoms with E-state index in [1.807, 2.05) is 0 Å². The van der Waals surface area contributed by atoms with E-state index in [9.17, 15) is 35.9 Å². The second-order valence-corrected chi connectivity index (χ2v) is 7.44. The van der Waals surface area contributed by atoms with Crippen LogP contribution in [0.1, 0.15) is 12.0 Å². The number of alkyl halides is 3. The molecule has 0 saturated carbocycles. The number of amides is 1. The van der Waals surface area contributed by atoms with Crippen LogP contribution in [0.5, 0.6) is 0 Å². The van der Waals surface area contributed by atoms with Gasteiger partial charge in [0.2, 0.25) is 5.91 Å². The fourth-order valence-electron chi connectivity index (χ4n) is 3.70. The molecule has 0 aliphatic carbocycles. The summed E-state index contributed by atoms with van der Waals surface area (Å²) in [5.74, 6) is -5.18. The Morgan fingerprint density at radius 3 is 2.47 bits per heavy atom. The molecule has 13 heteroatoms. The molecule has 0 aromatic heterocycles. The Kier molecular flexibility index (Phi) is 6.58. The number of halogens is 6. The molecule has 2 atom stereocenters. The van der Waals surface area contributed by atoms with Gasteiger partial charge in [-0.3, -0.25) is 4.79 Å². The van der Waals surface area contributed by atoms with Gasteiger partial charge in [0.1, 0.15) is 11.5 Å². The van der Waals surface area contributed by atoms with Crippen molar-refractivity contribution in [3.63, 3.8) is 0 Å². The largest absolute Gasteiger partial charge is 0.464 e. The molecule has 1 saturated heterocycles. The smallest absolute Gasteiger partial charge is 0.427 e. The predicted octanol–water partition coefficient (Wildman–Crippen LogP) is 1.38. The molecule has 0 radical (unpaired) electrons. The van der Waals surface area contributed by atoms with Crippen molar-refractivity contribution in [3.8, 4) is 0 Å². The van der Waals surface area contributed by atoms with Crippen molar-refractivity contribution < 1.29 is 40.7 Å². The molecule has 176 valence electrons. The second-order valence-electron chi connectivity index (χ2n) is 7.44. The Morgan fingerprint density at radius 1 is 1.19 bits per heavy atom. The summed E-state index contributed by atoms with van der Waals surface area (Å²) in [6.07, 6.45) is -7.38.